The molecule has 1 N–H and O–H groups in total. The fourth-order valence-corrected chi connectivity index (χ4v) is 6.50. The number of carbonyl (C=O) groups excluding carboxylic acids is 4. The zero-order valence-electron chi connectivity index (χ0n) is 24.1. The van der Waals surface area contributed by atoms with E-state index in [4.69, 9.17) is 18.9 Å². The summed E-state index contributed by atoms with van der Waals surface area (Å²) in [6.45, 7) is 7.25. The topological polar surface area (TPSA) is 133 Å². The summed E-state index contributed by atoms with van der Waals surface area (Å²) in [4.78, 5) is 57.8. The summed E-state index contributed by atoms with van der Waals surface area (Å²) in [5, 5.41) is 4.81. The third-order valence-corrected chi connectivity index (χ3v) is 8.76. The van der Waals surface area contributed by atoms with E-state index in [0.717, 1.165) is 12.0 Å². The molecule has 11 nitrogen and oxygen atoms in total. The average molecular weight is 600 g/mol. The van der Waals surface area contributed by atoms with Crippen molar-refractivity contribution in [3.05, 3.63) is 47.0 Å². The largest absolute Gasteiger partial charge is 0.459 e. The normalized spacial score (nSPS) is 27.0. The molecule has 0 bridgehead atoms. The van der Waals surface area contributed by atoms with Gasteiger partial charge >= 0.3 is 18.0 Å². The number of nitrogens with zero attached hydrogens (tertiary/aromatic N) is 2. The minimum atomic E-state index is -1.40. The molecular weight excluding hydrogens is 562 g/mol. The van der Waals surface area contributed by atoms with Crippen LogP contribution in [-0.4, -0.2) is 65.7 Å². The second-order valence-corrected chi connectivity index (χ2v) is 12.6. The monoisotopic (exact) mass is 599 g/mol. The van der Waals surface area contributed by atoms with Gasteiger partial charge in [0.2, 0.25) is 5.91 Å². The van der Waals surface area contributed by atoms with Crippen molar-refractivity contribution in [2.24, 2.45) is 11.3 Å². The van der Waals surface area contributed by atoms with Crippen LogP contribution in [0.5, 0.6) is 0 Å². The quantitative estimate of drug-likeness (QED) is 0.182. The molecule has 4 heterocycles. The van der Waals surface area contributed by atoms with E-state index in [-0.39, 0.29) is 32.0 Å². The number of benzene rings is 1. The maximum atomic E-state index is 13.1. The molecule has 1 spiro atoms. The zero-order chi connectivity index (χ0) is 29.9. The van der Waals surface area contributed by atoms with Crippen LogP contribution in [0.1, 0.15) is 64.1 Å². The Hall–Kier alpha value is -3.51. The zero-order valence-corrected chi connectivity index (χ0v) is 24.9. The summed E-state index contributed by atoms with van der Waals surface area (Å²) in [6, 6.07) is 8.66. The second-order valence-electron chi connectivity index (χ2n) is 11.8. The van der Waals surface area contributed by atoms with E-state index in [0.29, 0.717) is 42.7 Å². The highest BCUT2D eigenvalue weighted by molar-refractivity contribution is 7.14. The first-order valence-electron chi connectivity index (χ1n) is 14.4. The molecule has 1 aromatic carbocycles. The van der Waals surface area contributed by atoms with E-state index >= 15 is 0 Å². The molecule has 226 valence electrons. The van der Waals surface area contributed by atoms with E-state index in [1.165, 1.54) is 16.2 Å². The molecule has 0 saturated carbocycles. The predicted molar refractivity (Wildman–Crippen MR) is 152 cm³/mol. The second kappa shape index (κ2) is 12.4. The minimum absolute atomic E-state index is 0.0843. The van der Waals surface area contributed by atoms with Crippen LogP contribution in [0.2, 0.25) is 0 Å². The number of carbonyl (C=O) groups is 4. The number of hydrogen-bond acceptors (Lipinski definition) is 10. The molecule has 3 saturated heterocycles. The Morgan fingerprint density at radius 1 is 1.21 bits per heavy atom. The minimum Gasteiger partial charge on any atom is -0.459 e. The van der Waals surface area contributed by atoms with Crippen LogP contribution in [-0.2, 0) is 45.5 Å². The van der Waals surface area contributed by atoms with Gasteiger partial charge < -0.3 is 24.3 Å². The predicted octanol–water partition coefficient (Wildman–Crippen LogP) is 4.41. The molecule has 42 heavy (non-hydrogen) atoms. The maximum Gasteiger partial charge on any atom is 0.410 e. The number of rotatable bonds is 10. The first kappa shape index (κ1) is 30.0. The number of nitrogens with one attached hydrogen (secondary N) is 1. The first-order valence-corrected chi connectivity index (χ1v) is 15.2. The average Bonchev–Trinajstić information content (AvgIpc) is 3.74. The maximum absolute atomic E-state index is 13.1. The molecule has 1 aromatic heterocycles. The first-order chi connectivity index (χ1) is 20.1. The van der Waals surface area contributed by atoms with Crippen LogP contribution in [0.15, 0.2) is 35.7 Å². The molecular formula is C30H37N3O8S. The van der Waals surface area contributed by atoms with Crippen molar-refractivity contribution in [1.29, 1.82) is 0 Å². The van der Waals surface area contributed by atoms with Gasteiger partial charge in [-0.3, -0.25) is 19.3 Å². The Balaban J connectivity index is 1.18. The number of amides is 2. The molecule has 2 amide bonds. The summed E-state index contributed by atoms with van der Waals surface area (Å²) >= 11 is 1.18. The standard InChI is InChI=1S/C30H37N3O8S/c1-19(2)11-13-38-16-21-14-30(25(35)40-21)18-29(3,41-26(30)36)23-17-42-27(31-23)32-24(34)22-10-7-12-33(22)28(37)39-15-20-8-5-4-6-9-20/h4-6,8-9,17,19,21-22H,7,10-16,18H2,1-3H3,(H,31,32,34). The number of esters is 2. The molecule has 2 aromatic rings. The van der Waals surface area contributed by atoms with Crippen LogP contribution >= 0.6 is 11.3 Å². The molecule has 4 unspecified atom stereocenters. The Morgan fingerprint density at radius 2 is 2.00 bits per heavy atom. The van der Waals surface area contributed by atoms with Crippen molar-refractivity contribution in [2.45, 2.75) is 77.2 Å². The highest BCUT2D eigenvalue weighted by Crippen LogP contribution is 2.52. The summed E-state index contributed by atoms with van der Waals surface area (Å²) in [5.74, 6) is -1.10. The van der Waals surface area contributed by atoms with Gasteiger partial charge in [0.1, 0.15) is 18.8 Å². The molecule has 4 atom stereocenters. The molecule has 12 heteroatoms. The summed E-state index contributed by atoms with van der Waals surface area (Å²) in [5.41, 5.74) is -1.27. The number of hydrogen-bond donors (Lipinski definition) is 1. The third kappa shape index (κ3) is 6.29. The summed E-state index contributed by atoms with van der Waals surface area (Å²) < 4.78 is 22.4. The molecule has 0 radical (unpaired) electrons. The molecule has 0 aliphatic carbocycles. The molecule has 3 fully saturated rings. The number of anilines is 1. The van der Waals surface area contributed by atoms with Crippen LogP contribution in [0.25, 0.3) is 0 Å². The fraction of sp³-hybridized carbons (Fsp3) is 0.567. The Bertz CT molecular complexity index is 1320. The van der Waals surface area contributed by atoms with E-state index in [9.17, 15) is 19.2 Å². The van der Waals surface area contributed by atoms with Crippen LogP contribution in [0, 0.1) is 11.3 Å². The summed E-state index contributed by atoms with van der Waals surface area (Å²) in [6.07, 6.45) is 1.29. The van der Waals surface area contributed by atoms with Crippen molar-refractivity contribution in [3.8, 4) is 0 Å². The van der Waals surface area contributed by atoms with Gasteiger partial charge in [-0.15, -0.1) is 11.3 Å². The van der Waals surface area contributed by atoms with Gasteiger partial charge in [0.15, 0.2) is 16.1 Å². The lowest BCUT2D eigenvalue weighted by atomic mass is 9.78. The van der Waals surface area contributed by atoms with Crippen molar-refractivity contribution in [3.63, 3.8) is 0 Å². The number of likely N-dealkylation sites (tertiary alicyclic amines) is 1. The van der Waals surface area contributed by atoms with Gasteiger partial charge in [0.05, 0.1) is 12.3 Å². The van der Waals surface area contributed by atoms with Gasteiger partial charge in [-0.2, -0.15) is 0 Å². The molecule has 5 rings (SSSR count). The summed E-state index contributed by atoms with van der Waals surface area (Å²) in [7, 11) is 0. The SMILES string of the molecule is CC(C)CCOCC1CC2(CC(C)(c3csc(NC(=O)C4CCCN4C(=O)OCc4ccccc4)n3)OC2=O)C(=O)O1. The van der Waals surface area contributed by atoms with Gasteiger partial charge in [-0.05, 0) is 37.7 Å². The lowest BCUT2D eigenvalue weighted by molar-refractivity contribution is -0.160. The van der Waals surface area contributed by atoms with Gasteiger partial charge in [0, 0.05) is 31.4 Å². The Labute approximate surface area is 248 Å². The van der Waals surface area contributed by atoms with Crippen molar-refractivity contribution >= 4 is 40.4 Å². The van der Waals surface area contributed by atoms with E-state index in [1.54, 1.807) is 12.3 Å². The number of aromatic nitrogens is 1. The van der Waals surface area contributed by atoms with Crippen LogP contribution in [0.4, 0.5) is 9.93 Å². The number of ether oxygens (including phenoxy) is 4. The fourth-order valence-electron chi connectivity index (χ4n) is 5.67. The van der Waals surface area contributed by atoms with Crippen LogP contribution in [0.3, 0.4) is 0 Å². The van der Waals surface area contributed by atoms with E-state index < -0.39 is 41.2 Å². The van der Waals surface area contributed by atoms with Gasteiger partial charge in [-0.1, -0.05) is 44.2 Å². The third-order valence-electron chi connectivity index (χ3n) is 8.00. The van der Waals surface area contributed by atoms with Crippen molar-refractivity contribution in [1.82, 2.24) is 9.88 Å². The Kier molecular flexibility index (Phi) is 8.84. The van der Waals surface area contributed by atoms with Crippen LogP contribution < -0.4 is 5.32 Å². The van der Waals surface area contributed by atoms with E-state index in [1.807, 2.05) is 30.3 Å². The van der Waals surface area contributed by atoms with E-state index in [2.05, 4.69) is 24.1 Å². The molecule has 3 aliphatic rings. The van der Waals surface area contributed by atoms with Gasteiger partial charge in [0.25, 0.3) is 0 Å². The Morgan fingerprint density at radius 3 is 2.76 bits per heavy atom. The van der Waals surface area contributed by atoms with Gasteiger partial charge in [-0.25, -0.2) is 9.78 Å². The lowest BCUT2D eigenvalue weighted by Gasteiger charge is -2.23. The van der Waals surface area contributed by atoms with Crippen molar-refractivity contribution < 1.29 is 38.1 Å². The molecule has 3 aliphatic heterocycles. The lowest BCUT2D eigenvalue weighted by Crippen LogP contribution is -2.43. The van der Waals surface area contributed by atoms with Crippen molar-refractivity contribution in [2.75, 3.05) is 25.1 Å². The smallest absolute Gasteiger partial charge is 0.410 e. The number of thiazole rings is 1. The number of cyclic esters (lactones) is 2. The highest BCUT2D eigenvalue weighted by Gasteiger charge is 2.65. The highest BCUT2D eigenvalue weighted by atomic mass is 32.1.